The highest BCUT2D eigenvalue weighted by Gasteiger charge is 2.02. The zero-order valence-corrected chi connectivity index (χ0v) is 9.92. The SMILES string of the molecule is Cc1ccc(C)c(Nc2cc(N)cc(F)c2)c1. The number of hydrogen-bond donors (Lipinski definition) is 2. The van der Waals surface area contributed by atoms with Crippen molar-refractivity contribution in [3.8, 4) is 0 Å². The minimum atomic E-state index is -0.335. The third-order valence-corrected chi connectivity index (χ3v) is 2.59. The third kappa shape index (κ3) is 2.75. The maximum atomic E-state index is 13.2. The molecule has 0 aliphatic rings. The molecule has 17 heavy (non-hydrogen) atoms. The minimum absolute atomic E-state index is 0.335. The smallest absolute Gasteiger partial charge is 0.127 e. The molecule has 3 heteroatoms. The summed E-state index contributed by atoms with van der Waals surface area (Å²) in [7, 11) is 0. The van der Waals surface area contributed by atoms with E-state index in [1.807, 2.05) is 32.0 Å². The van der Waals surface area contributed by atoms with E-state index < -0.39 is 0 Å². The van der Waals surface area contributed by atoms with Crippen LogP contribution in [0.15, 0.2) is 36.4 Å². The number of halogens is 1. The molecule has 0 saturated heterocycles. The average Bonchev–Trinajstić information content (AvgIpc) is 2.22. The molecule has 3 N–H and O–H groups in total. The van der Waals surface area contributed by atoms with E-state index in [0.717, 1.165) is 16.8 Å². The van der Waals surface area contributed by atoms with Crippen LogP contribution in [0.25, 0.3) is 0 Å². The van der Waals surface area contributed by atoms with Gasteiger partial charge in [-0.15, -0.1) is 0 Å². The molecule has 0 heterocycles. The molecule has 2 aromatic carbocycles. The fourth-order valence-corrected chi connectivity index (χ4v) is 1.71. The van der Waals surface area contributed by atoms with Crippen LogP contribution in [0, 0.1) is 19.7 Å². The van der Waals surface area contributed by atoms with Gasteiger partial charge in [-0.2, -0.15) is 0 Å². The summed E-state index contributed by atoms with van der Waals surface area (Å²) in [5.41, 5.74) is 9.91. The van der Waals surface area contributed by atoms with Crippen molar-refractivity contribution >= 4 is 17.1 Å². The molecule has 0 radical (unpaired) electrons. The Labute approximate surface area is 100 Å². The van der Waals surface area contributed by atoms with Crippen molar-refractivity contribution in [2.24, 2.45) is 0 Å². The van der Waals surface area contributed by atoms with Gasteiger partial charge in [-0.05, 0) is 49.2 Å². The summed E-state index contributed by atoms with van der Waals surface area (Å²) in [5, 5.41) is 3.17. The van der Waals surface area contributed by atoms with Gasteiger partial charge in [0.1, 0.15) is 5.82 Å². The first-order chi connectivity index (χ1) is 8.04. The zero-order valence-electron chi connectivity index (χ0n) is 9.92. The van der Waals surface area contributed by atoms with Gasteiger partial charge < -0.3 is 11.1 Å². The standard InChI is InChI=1S/C14H15FN2/c1-9-3-4-10(2)14(5-9)17-13-7-11(15)6-12(16)8-13/h3-8,17H,16H2,1-2H3. The van der Waals surface area contributed by atoms with Gasteiger partial charge in [0.05, 0.1) is 0 Å². The average molecular weight is 230 g/mol. The van der Waals surface area contributed by atoms with E-state index in [1.165, 1.54) is 12.1 Å². The molecule has 0 saturated carbocycles. The largest absolute Gasteiger partial charge is 0.399 e. The first-order valence-corrected chi connectivity index (χ1v) is 5.45. The number of rotatable bonds is 2. The predicted octanol–water partition coefficient (Wildman–Crippen LogP) is 3.77. The highest BCUT2D eigenvalue weighted by atomic mass is 19.1. The van der Waals surface area contributed by atoms with Crippen LogP contribution in [-0.4, -0.2) is 0 Å². The number of benzene rings is 2. The second-order valence-corrected chi connectivity index (χ2v) is 4.22. The summed E-state index contributed by atoms with van der Waals surface area (Å²) in [6.07, 6.45) is 0. The van der Waals surface area contributed by atoms with Gasteiger partial charge in [0.25, 0.3) is 0 Å². The summed E-state index contributed by atoms with van der Waals surface area (Å²) in [5.74, 6) is -0.335. The molecule has 2 rings (SSSR count). The quantitative estimate of drug-likeness (QED) is 0.771. The van der Waals surface area contributed by atoms with Crippen LogP contribution in [-0.2, 0) is 0 Å². The number of nitrogens with two attached hydrogens (primary N) is 1. The molecule has 2 aromatic rings. The van der Waals surface area contributed by atoms with E-state index in [4.69, 9.17) is 5.73 Å². The highest BCUT2D eigenvalue weighted by molar-refractivity contribution is 5.66. The molecule has 0 aliphatic carbocycles. The summed E-state index contributed by atoms with van der Waals surface area (Å²) in [6, 6.07) is 10.5. The van der Waals surface area contributed by atoms with Crippen molar-refractivity contribution in [3.63, 3.8) is 0 Å². The van der Waals surface area contributed by atoms with E-state index >= 15 is 0 Å². The Hall–Kier alpha value is -2.03. The molecule has 0 amide bonds. The van der Waals surface area contributed by atoms with Crippen LogP contribution in [0.3, 0.4) is 0 Å². The van der Waals surface area contributed by atoms with Gasteiger partial charge in [0.2, 0.25) is 0 Å². The lowest BCUT2D eigenvalue weighted by atomic mass is 10.1. The molecule has 2 nitrogen and oxygen atoms in total. The topological polar surface area (TPSA) is 38.0 Å². The van der Waals surface area contributed by atoms with Crippen LogP contribution in [0.5, 0.6) is 0 Å². The van der Waals surface area contributed by atoms with Crippen LogP contribution in [0.4, 0.5) is 21.5 Å². The number of aryl methyl sites for hydroxylation is 2. The lowest BCUT2D eigenvalue weighted by Gasteiger charge is -2.11. The summed E-state index contributed by atoms with van der Waals surface area (Å²) >= 11 is 0. The monoisotopic (exact) mass is 230 g/mol. The van der Waals surface area contributed by atoms with Gasteiger partial charge in [-0.1, -0.05) is 12.1 Å². The molecular weight excluding hydrogens is 215 g/mol. The van der Waals surface area contributed by atoms with Gasteiger partial charge in [0.15, 0.2) is 0 Å². The summed E-state index contributed by atoms with van der Waals surface area (Å²) < 4.78 is 13.2. The Morgan fingerprint density at radius 2 is 1.82 bits per heavy atom. The Bertz CT molecular complexity index is 530. The molecular formula is C14H15FN2. The van der Waals surface area contributed by atoms with Crippen molar-refractivity contribution in [1.29, 1.82) is 0 Å². The summed E-state index contributed by atoms with van der Waals surface area (Å²) in [4.78, 5) is 0. The second-order valence-electron chi connectivity index (χ2n) is 4.22. The highest BCUT2D eigenvalue weighted by Crippen LogP contribution is 2.23. The van der Waals surface area contributed by atoms with Crippen LogP contribution >= 0.6 is 0 Å². The van der Waals surface area contributed by atoms with Crippen LogP contribution in [0.1, 0.15) is 11.1 Å². The molecule has 0 spiro atoms. The van der Waals surface area contributed by atoms with E-state index in [-0.39, 0.29) is 5.82 Å². The lowest BCUT2D eigenvalue weighted by Crippen LogP contribution is -1.96. The lowest BCUT2D eigenvalue weighted by molar-refractivity contribution is 0.629. The number of anilines is 3. The van der Waals surface area contributed by atoms with E-state index in [9.17, 15) is 4.39 Å². The molecule has 0 unspecified atom stereocenters. The van der Waals surface area contributed by atoms with Gasteiger partial charge in [-0.3, -0.25) is 0 Å². The number of nitrogen functional groups attached to an aromatic ring is 1. The van der Waals surface area contributed by atoms with E-state index in [2.05, 4.69) is 5.32 Å². The molecule has 0 bridgehead atoms. The van der Waals surface area contributed by atoms with Gasteiger partial charge >= 0.3 is 0 Å². The molecule has 88 valence electrons. The molecule has 0 aliphatic heterocycles. The Kier molecular flexibility index (Phi) is 3.00. The second kappa shape index (κ2) is 4.45. The number of hydrogen-bond acceptors (Lipinski definition) is 2. The predicted molar refractivity (Wildman–Crippen MR) is 70.0 cm³/mol. The van der Waals surface area contributed by atoms with Crippen molar-refractivity contribution < 1.29 is 4.39 Å². The normalized spacial score (nSPS) is 10.3. The summed E-state index contributed by atoms with van der Waals surface area (Å²) in [6.45, 7) is 4.02. The Balaban J connectivity index is 2.34. The Morgan fingerprint density at radius 3 is 2.53 bits per heavy atom. The van der Waals surface area contributed by atoms with Crippen LogP contribution in [0.2, 0.25) is 0 Å². The van der Waals surface area contributed by atoms with Gasteiger partial charge in [-0.25, -0.2) is 4.39 Å². The van der Waals surface area contributed by atoms with E-state index in [0.29, 0.717) is 11.4 Å². The number of nitrogens with one attached hydrogen (secondary N) is 1. The van der Waals surface area contributed by atoms with Crippen molar-refractivity contribution in [3.05, 3.63) is 53.3 Å². The first-order valence-electron chi connectivity index (χ1n) is 5.45. The Morgan fingerprint density at radius 1 is 1.06 bits per heavy atom. The van der Waals surface area contributed by atoms with Crippen LogP contribution < -0.4 is 11.1 Å². The fourth-order valence-electron chi connectivity index (χ4n) is 1.71. The van der Waals surface area contributed by atoms with Crippen molar-refractivity contribution in [2.75, 3.05) is 11.1 Å². The molecule has 0 fully saturated rings. The maximum Gasteiger partial charge on any atom is 0.127 e. The minimum Gasteiger partial charge on any atom is -0.399 e. The fraction of sp³-hybridized carbons (Fsp3) is 0.143. The van der Waals surface area contributed by atoms with Crippen molar-refractivity contribution in [1.82, 2.24) is 0 Å². The maximum absolute atomic E-state index is 13.2. The molecule has 0 aromatic heterocycles. The third-order valence-electron chi connectivity index (χ3n) is 2.59. The van der Waals surface area contributed by atoms with Gasteiger partial charge in [0, 0.05) is 17.1 Å². The van der Waals surface area contributed by atoms with Crippen molar-refractivity contribution in [2.45, 2.75) is 13.8 Å². The van der Waals surface area contributed by atoms with E-state index in [1.54, 1.807) is 6.07 Å². The molecule has 0 atom stereocenters. The first kappa shape index (κ1) is 11.5. The zero-order chi connectivity index (χ0) is 12.4.